The molecular weight excluding hydrogens is 330 g/mol. The third kappa shape index (κ3) is 3.92. The second-order valence-electron chi connectivity index (χ2n) is 4.29. The fraction of sp³-hybridized carbons (Fsp3) is 0.364. The van der Waals surface area contributed by atoms with Gasteiger partial charge in [-0.2, -0.15) is 0 Å². The largest absolute Gasteiger partial charge is 0.479 e. The number of rotatable bonds is 7. The molecule has 1 saturated heterocycles. The molecule has 1 atom stereocenters. The molecule has 1 aliphatic heterocycles. The Labute approximate surface area is 133 Å². The molecule has 0 aliphatic carbocycles. The maximum Gasteiger partial charge on any atom is 0.332 e. The van der Waals surface area contributed by atoms with Crippen LogP contribution in [0.2, 0.25) is 0 Å². The number of amides is 2. The highest BCUT2D eigenvalue weighted by Gasteiger charge is 2.40. The van der Waals surface area contributed by atoms with Crippen molar-refractivity contribution in [2.24, 2.45) is 5.16 Å². The van der Waals surface area contributed by atoms with E-state index in [1.165, 1.54) is 12.5 Å². The van der Waals surface area contributed by atoms with Crippen LogP contribution in [0.1, 0.15) is 5.69 Å². The van der Waals surface area contributed by atoms with E-state index in [0.717, 1.165) is 16.4 Å². The minimum absolute atomic E-state index is 0.0251. The lowest BCUT2D eigenvalue weighted by molar-refractivity contribution is -0.216. The molecule has 0 saturated carbocycles. The van der Waals surface area contributed by atoms with E-state index >= 15 is 0 Å². The van der Waals surface area contributed by atoms with E-state index in [9.17, 15) is 14.4 Å². The number of nitrogens with two attached hydrogens (primary N) is 1. The highest BCUT2D eigenvalue weighted by Crippen LogP contribution is 2.14. The first kappa shape index (κ1) is 16.6. The molecule has 0 unspecified atom stereocenters. The molecule has 1 aromatic rings. The average molecular weight is 343 g/mol. The number of aromatic nitrogens is 1. The smallest absolute Gasteiger partial charge is 0.332 e. The van der Waals surface area contributed by atoms with Gasteiger partial charge in [-0.1, -0.05) is 5.16 Å². The molecule has 1 aliphatic rings. The first-order valence-corrected chi connectivity index (χ1v) is 7.09. The van der Waals surface area contributed by atoms with Gasteiger partial charge < -0.3 is 21.0 Å². The Morgan fingerprint density at radius 3 is 2.91 bits per heavy atom. The van der Waals surface area contributed by atoms with E-state index < -0.39 is 30.4 Å². The lowest BCUT2D eigenvalue weighted by Gasteiger charge is -2.36. The number of oxime groups is 1. The third-order valence-corrected chi connectivity index (χ3v) is 3.38. The van der Waals surface area contributed by atoms with Crippen LogP contribution in [0.3, 0.4) is 0 Å². The molecule has 12 heteroatoms. The number of hydrogen-bond donors (Lipinski definition) is 3. The molecule has 1 fully saturated rings. The second kappa shape index (κ2) is 7.02. The minimum atomic E-state index is -1.21. The monoisotopic (exact) mass is 343 g/mol. The number of aliphatic carboxylic acids is 1. The summed E-state index contributed by atoms with van der Waals surface area (Å²) in [6.07, 6.45) is 0. The number of carbonyl (C=O) groups is 3. The van der Waals surface area contributed by atoms with E-state index in [1.54, 1.807) is 0 Å². The van der Waals surface area contributed by atoms with E-state index in [2.05, 4.69) is 20.3 Å². The molecule has 4 N–H and O–H groups in total. The molecule has 11 nitrogen and oxygen atoms in total. The number of hydroxylamine groups is 2. The normalized spacial score (nSPS) is 17.6. The zero-order valence-electron chi connectivity index (χ0n) is 11.9. The van der Waals surface area contributed by atoms with Crippen LogP contribution < -0.4 is 11.1 Å². The Balaban J connectivity index is 1.95. The third-order valence-electron chi connectivity index (χ3n) is 2.70. The number of carboxylic acids is 1. The van der Waals surface area contributed by atoms with Gasteiger partial charge >= 0.3 is 5.97 Å². The van der Waals surface area contributed by atoms with Crippen molar-refractivity contribution in [3.05, 3.63) is 11.1 Å². The summed E-state index contributed by atoms with van der Waals surface area (Å²) in [5.41, 5.74) is 5.60. The van der Waals surface area contributed by atoms with Crippen molar-refractivity contribution in [1.82, 2.24) is 15.4 Å². The minimum Gasteiger partial charge on any atom is -0.479 e. The van der Waals surface area contributed by atoms with E-state index in [1.807, 2.05) is 0 Å². The van der Waals surface area contributed by atoms with Crippen LogP contribution in [0.5, 0.6) is 0 Å². The van der Waals surface area contributed by atoms with Gasteiger partial charge in [0.2, 0.25) is 0 Å². The number of β-lactam (4-membered cyclic amide) rings is 1. The first-order chi connectivity index (χ1) is 10.9. The predicted octanol–water partition coefficient (Wildman–Crippen LogP) is -1.58. The van der Waals surface area contributed by atoms with E-state index in [4.69, 9.17) is 15.7 Å². The molecule has 23 heavy (non-hydrogen) atoms. The van der Waals surface area contributed by atoms with Crippen molar-refractivity contribution >= 4 is 40.0 Å². The molecule has 0 radical (unpaired) electrons. The van der Waals surface area contributed by atoms with Crippen molar-refractivity contribution in [1.29, 1.82) is 0 Å². The number of carbonyl (C=O) groups excluding carboxylic acids is 2. The predicted molar refractivity (Wildman–Crippen MR) is 77.3 cm³/mol. The number of anilines is 1. The summed E-state index contributed by atoms with van der Waals surface area (Å²) in [5.74, 6) is -2.44. The van der Waals surface area contributed by atoms with Gasteiger partial charge in [0, 0.05) is 5.38 Å². The maximum absolute atomic E-state index is 12.2. The quantitative estimate of drug-likeness (QED) is 0.304. The molecule has 0 aromatic carbocycles. The van der Waals surface area contributed by atoms with Crippen molar-refractivity contribution in [3.8, 4) is 0 Å². The summed E-state index contributed by atoms with van der Waals surface area (Å²) in [4.78, 5) is 47.5. The lowest BCUT2D eigenvalue weighted by Crippen LogP contribution is -2.64. The summed E-state index contributed by atoms with van der Waals surface area (Å²) >= 11 is 1.12. The van der Waals surface area contributed by atoms with Gasteiger partial charge in [0.05, 0.1) is 6.54 Å². The lowest BCUT2D eigenvalue weighted by atomic mass is 10.1. The summed E-state index contributed by atoms with van der Waals surface area (Å²) in [5, 5.41) is 17.1. The summed E-state index contributed by atoms with van der Waals surface area (Å²) in [6, 6.07) is -0.839. The summed E-state index contributed by atoms with van der Waals surface area (Å²) in [6.45, 7) is -0.613. The van der Waals surface area contributed by atoms with Crippen LogP contribution in [-0.2, 0) is 24.1 Å². The van der Waals surface area contributed by atoms with Crippen molar-refractivity contribution < 1.29 is 29.2 Å². The molecular formula is C11H13N5O6S. The Hall–Kier alpha value is -2.73. The molecule has 124 valence electrons. The Morgan fingerprint density at radius 2 is 2.39 bits per heavy atom. The van der Waals surface area contributed by atoms with E-state index in [-0.39, 0.29) is 23.1 Å². The summed E-state index contributed by atoms with van der Waals surface area (Å²) in [7, 11) is 1.26. The Bertz CT molecular complexity index is 659. The van der Waals surface area contributed by atoms with Gasteiger partial charge in [-0.05, 0) is 0 Å². The van der Waals surface area contributed by atoms with Gasteiger partial charge in [0.15, 0.2) is 17.5 Å². The van der Waals surface area contributed by atoms with Crippen LogP contribution >= 0.6 is 11.3 Å². The highest BCUT2D eigenvalue weighted by atomic mass is 32.1. The van der Waals surface area contributed by atoms with Gasteiger partial charge in [-0.25, -0.2) is 14.8 Å². The number of nitrogens with one attached hydrogen (secondary N) is 1. The van der Waals surface area contributed by atoms with Crippen LogP contribution in [0.15, 0.2) is 10.5 Å². The second-order valence-corrected chi connectivity index (χ2v) is 5.18. The van der Waals surface area contributed by atoms with Gasteiger partial charge in [-0.15, -0.1) is 11.3 Å². The number of nitrogens with zero attached hydrogens (tertiary/aromatic N) is 3. The SMILES string of the molecule is CON=C(C(=O)N[C@H]1CN(OCC(=O)O)C1=O)c1csc(N)n1. The zero-order valence-corrected chi connectivity index (χ0v) is 12.7. The molecule has 2 amide bonds. The van der Waals surface area contributed by atoms with Crippen LogP contribution in [0.4, 0.5) is 5.13 Å². The fourth-order valence-corrected chi connectivity index (χ4v) is 2.22. The van der Waals surface area contributed by atoms with Gasteiger partial charge in [0.1, 0.15) is 18.8 Å². The fourth-order valence-electron chi connectivity index (χ4n) is 1.67. The van der Waals surface area contributed by atoms with Crippen molar-refractivity contribution in [3.63, 3.8) is 0 Å². The number of carboxylic acid groups (broad SMARTS) is 1. The average Bonchev–Trinajstić information content (AvgIpc) is 2.92. The standard InChI is InChI=1S/C11H13N5O6S/c1-21-15-8(6-4-23-11(12)14-6)9(19)13-5-2-16(10(5)20)22-3-7(17)18/h4-5H,2-3H2,1H3,(H2,12,14)(H,13,19)(H,17,18)/t5-/m0/s1. The van der Waals surface area contributed by atoms with Crippen LogP contribution in [-0.4, -0.2) is 65.0 Å². The van der Waals surface area contributed by atoms with E-state index in [0.29, 0.717) is 0 Å². The molecule has 2 heterocycles. The van der Waals surface area contributed by atoms with Crippen molar-refractivity contribution in [2.45, 2.75) is 6.04 Å². The van der Waals surface area contributed by atoms with Gasteiger partial charge in [0.25, 0.3) is 11.8 Å². The van der Waals surface area contributed by atoms with Crippen molar-refractivity contribution in [2.75, 3.05) is 26.0 Å². The molecule has 1 aromatic heterocycles. The molecule has 0 spiro atoms. The maximum atomic E-state index is 12.2. The summed E-state index contributed by atoms with van der Waals surface area (Å²) < 4.78 is 0. The number of hydrogen-bond acceptors (Lipinski definition) is 9. The Morgan fingerprint density at radius 1 is 1.65 bits per heavy atom. The number of thiazole rings is 1. The van der Waals surface area contributed by atoms with Gasteiger partial charge in [-0.3, -0.25) is 14.4 Å². The first-order valence-electron chi connectivity index (χ1n) is 6.22. The molecule has 2 rings (SSSR count). The zero-order chi connectivity index (χ0) is 17.0. The highest BCUT2D eigenvalue weighted by molar-refractivity contribution is 7.13. The van der Waals surface area contributed by atoms with Crippen LogP contribution in [0.25, 0.3) is 0 Å². The Kier molecular flexibility index (Phi) is 5.08. The number of nitrogen functional groups attached to an aromatic ring is 1. The molecule has 0 bridgehead atoms. The topological polar surface area (TPSA) is 156 Å². The van der Waals surface area contributed by atoms with Crippen LogP contribution in [0, 0.1) is 0 Å².